The molecule has 3 atom stereocenters. The molecule has 2 N–H and O–H groups in total. The molecular formula is C23H24ClN3O3. The van der Waals surface area contributed by atoms with E-state index < -0.39 is 11.5 Å². The number of aryl methyl sites for hydroxylation is 1. The number of nitrogens with one attached hydrogen (secondary N) is 2. The summed E-state index contributed by atoms with van der Waals surface area (Å²) < 4.78 is 5.39. The smallest absolute Gasteiger partial charge is 0.250 e. The van der Waals surface area contributed by atoms with Crippen LogP contribution < -0.4 is 15.4 Å². The molecule has 0 saturated carbocycles. The lowest BCUT2D eigenvalue weighted by Gasteiger charge is -2.36. The first kappa shape index (κ1) is 19.4. The second-order valence-corrected chi connectivity index (χ2v) is 8.77. The predicted molar refractivity (Wildman–Crippen MR) is 116 cm³/mol. The van der Waals surface area contributed by atoms with Gasteiger partial charge in [-0.2, -0.15) is 0 Å². The Morgan fingerprint density at radius 1 is 1.33 bits per heavy atom. The largest absolute Gasteiger partial charge is 0.495 e. The maximum atomic E-state index is 13.6. The average Bonchev–Trinajstić information content (AvgIpc) is 3.38. The van der Waals surface area contributed by atoms with Gasteiger partial charge >= 0.3 is 0 Å². The van der Waals surface area contributed by atoms with Crippen LogP contribution in [0.25, 0.3) is 0 Å². The molecule has 2 fully saturated rings. The number of para-hydroxylation sites is 1. The van der Waals surface area contributed by atoms with Crippen LogP contribution in [0.1, 0.15) is 30.4 Å². The SMILES string of the molecule is COc1ccc(Cl)cc1NC(=O)C1CC2CCCN2C12C(=O)Nc1c(C)cccc12. The van der Waals surface area contributed by atoms with E-state index in [0.29, 0.717) is 22.9 Å². The standard InChI is InChI=1S/C23H24ClN3O3/c1-13-5-3-7-16-20(13)26-22(29)23(16)17(12-15-6-4-10-27(15)23)21(28)25-18-11-14(24)8-9-19(18)30-2/h3,5,7-9,11,15,17H,4,6,10,12H2,1-2H3,(H,25,28)(H,26,29). The molecule has 7 heteroatoms. The molecule has 0 radical (unpaired) electrons. The van der Waals surface area contributed by atoms with E-state index in [1.165, 1.54) is 0 Å². The van der Waals surface area contributed by atoms with E-state index in [1.54, 1.807) is 25.3 Å². The fraction of sp³-hybridized carbons (Fsp3) is 0.391. The molecule has 3 aliphatic rings. The third kappa shape index (κ3) is 2.60. The Bertz CT molecular complexity index is 1060. The Labute approximate surface area is 180 Å². The zero-order chi connectivity index (χ0) is 21.0. The van der Waals surface area contributed by atoms with Crippen LogP contribution in [0.15, 0.2) is 36.4 Å². The van der Waals surface area contributed by atoms with Crippen LogP contribution in [-0.2, 0) is 15.1 Å². The minimum absolute atomic E-state index is 0.102. The molecule has 30 heavy (non-hydrogen) atoms. The predicted octanol–water partition coefficient (Wildman–Crippen LogP) is 3.93. The van der Waals surface area contributed by atoms with E-state index in [0.717, 1.165) is 36.2 Å². The Kier molecular flexibility index (Phi) is 4.52. The van der Waals surface area contributed by atoms with Crippen molar-refractivity contribution in [1.82, 2.24) is 4.90 Å². The Morgan fingerprint density at radius 3 is 2.97 bits per heavy atom. The number of methoxy groups -OCH3 is 1. The van der Waals surface area contributed by atoms with Crippen molar-refractivity contribution < 1.29 is 14.3 Å². The van der Waals surface area contributed by atoms with Gasteiger partial charge in [0.15, 0.2) is 0 Å². The summed E-state index contributed by atoms with van der Waals surface area (Å²) in [7, 11) is 1.55. The molecule has 5 rings (SSSR count). The highest BCUT2D eigenvalue weighted by atomic mass is 35.5. The summed E-state index contributed by atoms with van der Waals surface area (Å²) in [4.78, 5) is 29.4. The molecule has 0 aromatic heterocycles. The zero-order valence-corrected chi connectivity index (χ0v) is 17.8. The lowest BCUT2D eigenvalue weighted by atomic mass is 9.78. The minimum Gasteiger partial charge on any atom is -0.495 e. The number of anilines is 2. The van der Waals surface area contributed by atoms with Gasteiger partial charge in [-0.25, -0.2) is 0 Å². The number of ether oxygens (including phenoxy) is 1. The van der Waals surface area contributed by atoms with Crippen LogP contribution in [0.3, 0.4) is 0 Å². The van der Waals surface area contributed by atoms with Crippen molar-refractivity contribution in [1.29, 1.82) is 0 Å². The maximum absolute atomic E-state index is 13.6. The molecule has 6 nitrogen and oxygen atoms in total. The van der Waals surface area contributed by atoms with Crippen molar-refractivity contribution in [2.24, 2.45) is 5.92 Å². The lowest BCUT2D eigenvalue weighted by Crippen LogP contribution is -2.53. The molecule has 0 bridgehead atoms. The van der Waals surface area contributed by atoms with Gasteiger partial charge in [-0.05, 0) is 56.5 Å². The first-order chi connectivity index (χ1) is 14.5. The summed E-state index contributed by atoms with van der Waals surface area (Å²) in [5.41, 5.74) is 2.30. The molecule has 156 valence electrons. The fourth-order valence-corrected chi connectivity index (χ4v) is 5.77. The van der Waals surface area contributed by atoms with Gasteiger partial charge in [0.2, 0.25) is 11.8 Å². The van der Waals surface area contributed by atoms with Crippen LogP contribution in [0.2, 0.25) is 5.02 Å². The summed E-state index contributed by atoms with van der Waals surface area (Å²) in [6.07, 6.45) is 2.69. The molecule has 2 aromatic carbocycles. The number of hydrogen-bond acceptors (Lipinski definition) is 4. The van der Waals surface area contributed by atoms with Crippen molar-refractivity contribution in [2.45, 2.75) is 37.8 Å². The van der Waals surface area contributed by atoms with Crippen molar-refractivity contribution in [3.63, 3.8) is 0 Å². The Hall–Kier alpha value is -2.57. The minimum atomic E-state index is -0.974. The van der Waals surface area contributed by atoms with Gasteiger partial charge in [0.1, 0.15) is 11.3 Å². The van der Waals surface area contributed by atoms with Crippen molar-refractivity contribution >= 4 is 34.8 Å². The number of halogens is 1. The fourth-order valence-electron chi connectivity index (χ4n) is 5.60. The lowest BCUT2D eigenvalue weighted by molar-refractivity contribution is -0.135. The monoisotopic (exact) mass is 425 g/mol. The number of amides is 2. The normalized spacial score (nSPS) is 27.1. The third-order valence-electron chi connectivity index (χ3n) is 6.85. The Morgan fingerprint density at radius 2 is 2.17 bits per heavy atom. The molecule has 2 saturated heterocycles. The van der Waals surface area contributed by atoms with Crippen LogP contribution in [-0.4, -0.2) is 36.4 Å². The van der Waals surface area contributed by atoms with Crippen LogP contribution in [0, 0.1) is 12.8 Å². The molecular weight excluding hydrogens is 402 g/mol. The zero-order valence-electron chi connectivity index (χ0n) is 17.0. The molecule has 3 heterocycles. The van der Waals surface area contributed by atoms with Crippen molar-refractivity contribution in [3.05, 3.63) is 52.5 Å². The average molecular weight is 426 g/mol. The number of nitrogens with zero attached hydrogens (tertiary/aromatic N) is 1. The van der Waals surface area contributed by atoms with Crippen LogP contribution in [0.5, 0.6) is 5.75 Å². The third-order valence-corrected chi connectivity index (χ3v) is 7.08. The molecule has 3 unspecified atom stereocenters. The molecule has 0 aliphatic carbocycles. The highest BCUT2D eigenvalue weighted by Gasteiger charge is 2.65. The van der Waals surface area contributed by atoms with Gasteiger partial charge < -0.3 is 15.4 Å². The molecule has 2 amide bonds. The van der Waals surface area contributed by atoms with Gasteiger partial charge in [0.05, 0.1) is 18.7 Å². The number of carbonyl (C=O) groups excluding carboxylic acids is 2. The second kappa shape index (κ2) is 7.00. The number of rotatable bonds is 3. The number of hydrogen-bond donors (Lipinski definition) is 2. The van der Waals surface area contributed by atoms with Gasteiger partial charge in [0.25, 0.3) is 0 Å². The van der Waals surface area contributed by atoms with Crippen molar-refractivity contribution in [2.75, 3.05) is 24.3 Å². The summed E-state index contributed by atoms with van der Waals surface area (Å²) in [5.74, 6) is -0.258. The summed E-state index contributed by atoms with van der Waals surface area (Å²) in [5, 5.41) is 6.59. The van der Waals surface area contributed by atoms with E-state index in [1.807, 2.05) is 25.1 Å². The van der Waals surface area contributed by atoms with Crippen LogP contribution in [0.4, 0.5) is 11.4 Å². The van der Waals surface area contributed by atoms with Crippen molar-refractivity contribution in [3.8, 4) is 5.75 Å². The van der Waals surface area contributed by atoms with Gasteiger partial charge in [-0.1, -0.05) is 29.8 Å². The quantitative estimate of drug-likeness (QED) is 0.781. The number of carbonyl (C=O) groups is 2. The maximum Gasteiger partial charge on any atom is 0.250 e. The number of benzene rings is 2. The van der Waals surface area contributed by atoms with E-state index in [2.05, 4.69) is 15.5 Å². The van der Waals surface area contributed by atoms with E-state index >= 15 is 0 Å². The van der Waals surface area contributed by atoms with Gasteiger partial charge in [-0.3, -0.25) is 14.5 Å². The summed E-state index contributed by atoms with van der Waals surface area (Å²) >= 11 is 6.14. The summed E-state index contributed by atoms with van der Waals surface area (Å²) in [6, 6.07) is 11.3. The van der Waals surface area contributed by atoms with Gasteiger partial charge in [0, 0.05) is 22.3 Å². The van der Waals surface area contributed by atoms with E-state index in [4.69, 9.17) is 16.3 Å². The van der Waals surface area contributed by atoms with Crippen LogP contribution >= 0.6 is 11.6 Å². The topological polar surface area (TPSA) is 70.7 Å². The van der Waals surface area contributed by atoms with E-state index in [9.17, 15) is 9.59 Å². The molecule has 3 aliphatic heterocycles. The first-order valence-electron chi connectivity index (χ1n) is 10.3. The van der Waals surface area contributed by atoms with Gasteiger partial charge in [-0.15, -0.1) is 0 Å². The first-order valence-corrected chi connectivity index (χ1v) is 10.7. The second-order valence-electron chi connectivity index (χ2n) is 8.33. The highest BCUT2D eigenvalue weighted by molar-refractivity contribution is 6.31. The molecule has 2 aromatic rings. The highest BCUT2D eigenvalue weighted by Crippen LogP contribution is 2.56. The Balaban J connectivity index is 1.59. The molecule has 1 spiro atoms. The van der Waals surface area contributed by atoms with E-state index in [-0.39, 0.29) is 17.9 Å². The summed E-state index contributed by atoms with van der Waals surface area (Å²) in [6.45, 7) is 2.80. The number of fused-ring (bicyclic) bond motifs is 4.